The van der Waals surface area contributed by atoms with E-state index in [-0.39, 0.29) is 23.8 Å². The van der Waals surface area contributed by atoms with Crippen LogP contribution < -0.4 is 9.64 Å². The van der Waals surface area contributed by atoms with Crippen LogP contribution in [0.25, 0.3) is 11.0 Å². The van der Waals surface area contributed by atoms with Gasteiger partial charge < -0.3 is 24.0 Å². The zero-order chi connectivity index (χ0) is 30.2. The number of rotatable bonds is 9. The van der Waals surface area contributed by atoms with Gasteiger partial charge in [0.25, 0.3) is 0 Å². The minimum absolute atomic E-state index is 0.0112. The van der Waals surface area contributed by atoms with E-state index in [2.05, 4.69) is 14.5 Å². The Morgan fingerprint density at radius 1 is 1.11 bits per heavy atom. The lowest BCUT2D eigenvalue weighted by Crippen LogP contribution is -2.41. The lowest BCUT2D eigenvalue weighted by atomic mass is 9.96. The fourth-order valence-corrected chi connectivity index (χ4v) is 6.11. The Morgan fingerprint density at radius 3 is 2.75 bits per heavy atom. The van der Waals surface area contributed by atoms with Crippen LogP contribution in [-0.2, 0) is 29.3 Å². The van der Waals surface area contributed by atoms with E-state index in [1.54, 1.807) is 36.4 Å². The first-order chi connectivity index (χ1) is 21.4. The Balaban J connectivity index is 1.02. The first-order valence-corrected chi connectivity index (χ1v) is 14.7. The molecular formula is C32H31FN6O5. The number of aromatic carboxylic acids is 1. The predicted octanol–water partition coefficient (Wildman–Crippen LogP) is 4.01. The molecule has 1 N–H and O–H groups in total. The highest BCUT2D eigenvalue weighted by molar-refractivity contribution is 5.92. The molecule has 0 spiro atoms. The summed E-state index contributed by atoms with van der Waals surface area (Å²) >= 11 is 0. The largest absolute Gasteiger partial charge is 0.478 e. The molecule has 0 bridgehead atoms. The summed E-state index contributed by atoms with van der Waals surface area (Å²) in [4.78, 5) is 29.6. The van der Waals surface area contributed by atoms with Crippen LogP contribution in [0.3, 0.4) is 0 Å². The van der Waals surface area contributed by atoms with Gasteiger partial charge in [-0.15, -0.1) is 0 Å². The van der Waals surface area contributed by atoms with Gasteiger partial charge in [0.1, 0.15) is 24.1 Å². The van der Waals surface area contributed by atoms with E-state index in [4.69, 9.17) is 24.6 Å². The van der Waals surface area contributed by atoms with Crippen molar-refractivity contribution in [3.8, 4) is 11.9 Å². The summed E-state index contributed by atoms with van der Waals surface area (Å²) in [5.41, 5.74) is 2.39. The first-order valence-electron chi connectivity index (χ1n) is 14.7. The molecule has 5 heterocycles. The van der Waals surface area contributed by atoms with Crippen molar-refractivity contribution in [1.82, 2.24) is 19.6 Å². The number of benzene rings is 2. The number of ether oxygens (including phenoxy) is 2. The molecule has 3 atom stereocenters. The number of hydrogen-bond donors (Lipinski definition) is 1. The quantitative estimate of drug-likeness (QED) is 0.302. The van der Waals surface area contributed by atoms with E-state index in [1.807, 2.05) is 23.3 Å². The van der Waals surface area contributed by atoms with Crippen molar-refractivity contribution < 1.29 is 28.6 Å². The number of nitriles is 1. The highest BCUT2D eigenvalue weighted by atomic mass is 19.1. The Labute approximate surface area is 253 Å². The number of aromatic nitrogens is 3. The third-order valence-corrected chi connectivity index (χ3v) is 8.65. The van der Waals surface area contributed by atoms with Crippen LogP contribution in [0.15, 0.2) is 54.6 Å². The standard InChI is InChI=1S/C32H31FN6O5/c33-26-10-20(12-34)4-5-22(26)18-43-31-3-1-2-29(36-31)37-13-23-15-38(44-19-24(23)14-37)17-30-35-27-7-6-21(32(40)41)11-28(27)39(30)16-25-8-9-42-25/h1-7,10-11,23-25H,8-9,13-19H2,(H,40,41). The maximum Gasteiger partial charge on any atom is 0.335 e. The van der Waals surface area contributed by atoms with Gasteiger partial charge in [0, 0.05) is 43.8 Å². The van der Waals surface area contributed by atoms with Gasteiger partial charge in [-0.05, 0) is 48.7 Å². The van der Waals surface area contributed by atoms with Gasteiger partial charge in [0.2, 0.25) is 5.88 Å². The summed E-state index contributed by atoms with van der Waals surface area (Å²) in [7, 11) is 0. The number of nitrogens with zero attached hydrogens (tertiary/aromatic N) is 6. The second-order valence-corrected chi connectivity index (χ2v) is 11.5. The maximum atomic E-state index is 14.3. The van der Waals surface area contributed by atoms with Crippen LogP contribution in [0, 0.1) is 29.0 Å². The summed E-state index contributed by atoms with van der Waals surface area (Å²) in [5.74, 6) is 1.26. The number of hydroxylamine groups is 2. The molecule has 0 aliphatic carbocycles. The minimum atomic E-state index is -0.968. The Kier molecular flexibility index (Phi) is 7.59. The number of fused-ring (bicyclic) bond motifs is 2. The van der Waals surface area contributed by atoms with Gasteiger partial charge in [0.05, 0.1) is 54.0 Å². The van der Waals surface area contributed by atoms with E-state index in [1.165, 1.54) is 6.07 Å². The molecule has 4 aromatic rings. The predicted molar refractivity (Wildman–Crippen MR) is 156 cm³/mol. The van der Waals surface area contributed by atoms with Crippen LogP contribution in [0.4, 0.5) is 10.2 Å². The van der Waals surface area contributed by atoms with Crippen LogP contribution in [0.5, 0.6) is 5.88 Å². The monoisotopic (exact) mass is 598 g/mol. The third kappa shape index (κ3) is 5.69. The van der Waals surface area contributed by atoms with Gasteiger partial charge in [-0.1, -0.05) is 12.1 Å². The number of carboxylic acids is 1. The summed E-state index contributed by atoms with van der Waals surface area (Å²) in [6.45, 7) is 4.74. The molecule has 0 saturated carbocycles. The average molecular weight is 599 g/mol. The minimum Gasteiger partial charge on any atom is -0.478 e. The van der Waals surface area contributed by atoms with Crippen molar-refractivity contribution in [3.05, 3.63) is 82.9 Å². The summed E-state index contributed by atoms with van der Waals surface area (Å²) in [6.07, 6.45) is 1.05. The zero-order valence-corrected chi connectivity index (χ0v) is 23.9. The molecule has 0 amide bonds. The average Bonchev–Trinajstić information content (AvgIpc) is 3.58. The molecule has 226 valence electrons. The van der Waals surface area contributed by atoms with Crippen molar-refractivity contribution in [2.24, 2.45) is 11.8 Å². The van der Waals surface area contributed by atoms with Crippen LogP contribution in [0.2, 0.25) is 0 Å². The number of halogens is 1. The van der Waals surface area contributed by atoms with Gasteiger partial charge in [-0.25, -0.2) is 14.2 Å². The van der Waals surface area contributed by atoms with Crippen molar-refractivity contribution in [3.63, 3.8) is 0 Å². The first kappa shape index (κ1) is 28.2. The van der Waals surface area contributed by atoms with Crippen LogP contribution >= 0.6 is 0 Å². The smallest absolute Gasteiger partial charge is 0.335 e. The Hall–Kier alpha value is -4.57. The van der Waals surface area contributed by atoms with E-state index in [9.17, 15) is 14.3 Å². The summed E-state index contributed by atoms with van der Waals surface area (Å²) in [6, 6.07) is 16.8. The molecule has 11 nitrogen and oxygen atoms in total. The van der Waals surface area contributed by atoms with Gasteiger partial charge >= 0.3 is 5.97 Å². The SMILES string of the molecule is N#Cc1ccc(COc2cccc(N3CC4CON(Cc5nc6ccc(C(=O)O)cc6n5CC5CCO5)CC4C3)n2)c(F)c1. The molecule has 3 unspecified atom stereocenters. The van der Waals surface area contributed by atoms with Crippen LogP contribution in [-0.4, -0.2) is 69.6 Å². The highest BCUT2D eigenvalue weighted by Gasteiger charge is 2.39. The third-order valence-electron chi connectivity index (χ3n) is 8.65. The normalized spacial score (nSPS) is 21.5. The number of carbonyl (C=O) groups is 1. The molecule has 12 heteroatoms. The molecule has 7 rings (SSSR count). The van der Waals surface area contributed by atoms with E-state index in [0.29, 0.717) is 43.0 Å². The molecule has 3 fully saturated rings. The second kappa shape index (κ2) is 11.8. The van der Waals surface area contributed by atoms with Gasteiger partial charge in [-0.2, -0.15) is 15.3 Å². The van der Waals surface area contributed by atoms with Gasteiger partial charge in [0.15, 0.2) is 0 Å². The molecule has 0 radical (unpaired) electrons. The number of pyridine rings is 1. The fourth-order valence-electron chi connectivity index (χ4n) is 6.11. The maximum absolute atomic E-state index is 14.3. The lowest BCUT2D eigenvalue weighted by Gasteiger charge is -2.33. The highest BCUT2D eigenvalue weighted by Crippen LogP contribution is 2.33. The Bertz CT molecular complexity index is 1750. The number of imidazole rings is 1. The number of hydrogen-bond acceptors (Lipinski definition) is 9. The van der Waals surface area contributed by atoms with E-state index >= 15 is 0 Å². The molecule has 2 aromatic carbocycles. The van der Waals surface area contributed by atoms with Crippen molar-refractivity contribution in [2.45, 2.75) is 32.2 Å². The van der Waals surface area contributed by atoms with Crippen LogP contribution in [0.1, 0.15) is 33.7 Å². The summed E-state index contributed by atoms with van der Waals surface area (Å²) in [5, 5.41) is 20.4. The van der Waals surface area contributed by atoms with Crippen molar-refractivity contribution in [2.75, 3.05) is 37.7 Å². The fraction of sp³-hybridized carbons (Fsp3) is 0.375. The van der Waals surface area contributed by atoms with E-state index < -0.39 is 11.8 Å². The summed E-state index contributed by atoms with van der Waals surface area (Å²) < 4.78 is 27.9. The molecule has 3 aliphatic rings. The van der Waals surface area contributed by atoms with Crippen molar-refractivity contribution >= 4 is 22.8 Å². The number of anilines is 1. The molecule has 3 aliphatic heterocycles. The lowest BCUT2D eigenvalue weighted by molar-refractivity contribution is -0.214. The Morgan fingerprint density at radius 2 is 1.98 bits per heavy atom. The topological polar surface area (TPSA) is 126 Å². The zero-order valence-electron chi connectivity index (χ0n) is 23.9. The molecule has 44 heavy (non-hydrogen) atoms. The number of carboxylic acid groups (broad SMARTS) is 1. The van der Waals surface area contributed by atoms with Gasteiger partial charge in [-0.3, -0.25) is 4.84 Å². The molecule has 3 saturated heterocycles. The van der Waals surface area contributed by atoms with Crippen molar-refractivity contribution in [1.29, 1.82) is 5.26 Å². The molecule has 2 aromatic heterocycles. The van der Waals surface area contributed by atoms with E-state index in [0.717, 1.165) is 55.3 Å². The second-order valence-electron chi connectivity index (χ2n) is 11.5. The molecular weight excluding hydrogens is 567 g/mol.